The second-order valence-corrected chi connectivity index (χ2v) is 6.65. The van der Waals surface area contributed by atoms with Crippen LogP contribution < -0.4 is 0 Å². The van der Waals surface area contributed by atoms with Crippen LogP contribution in [0.4, 0.5) is 0 Å². The SMILES string of the molecule is CN(C)C(=O)CC(OCCI)(OCCI)C(=O)N(C)C. The third-order valence-electron chi connectivity index (χ3n) is 2.44. The number of alkyl halides is 2. The van der Waals surface area contributed by atoms with Gasteiger partial charge in [0.05, 0.1) is 19.6 Å². The van der Waals surface area contributed by atoms with Crippen molar-refractivity contribution in [2.45, 2.75) is 12.2 Å². The molecule has 0 aromatic rings. The maximum atomic E-state index is 12.4. The Bertz CT molecular complexity index is 317. The highest BCUT2D eigenvalue weighted by atomic mass is 127. The Morgan fingerprint density at radius 3 is 1.70 bits per heavy atom. The van der Waals surface area contributed by atoms with Crippen molar-refractivity contribution in [1.82, 2.24) is 9.80 Å². The first-order chi connectivity index (χ1) is 9.30. The third kappa shape index (κ3) is 6.39. The van der Waals surface area contributed by atoms with E-state index >= 15 is 0 Å². The zero-order valence-electron chi connectivity index (χ0n) is 12.3. The Morgan fingerprint density at radius 1 is 0.950 bits per heavy atom. The van der Waals surface area contributed by atoms with E-state index in [0.717, 1.165) is 0 Å². The molecule has 0 rings (SSSR count). The summed E-state index contributed by atoms with van der Waals surface area (Å²) in [7, 11) is 6.53. The Morgan fingerprint density at radius 2 is 1.40 bits per heavy atom. The number of rotatable bonds is 9. The van der Waals surface area contributed by atoms with Gasteiger partial charge in [-0.05, 0) is 0 Å². The van der Waals surface area contributed by atoms with Gasteiger partial charge < -0.3 is 19.3 Å². The number of ether oxygens (including phenoxy) is 2. The molecule has 0 spiro atoms. The van der Waals surface area contributed by atoms with Crippen molar-refractivity contribution in [3.63, 3.8) is 0 Å². The first-order valence-corrected chi connectivity index (χ1v) is 9.17. The van der Waals surface area contributed by atoms with Crippen LogP contribution in [0.2, 0.25) is 0 Å². The zero-order chi connectivity index (χ0) is 15.8. The van der Waals surface area contributed by atoms with Crippen molar-refractivity contribution >= 4 is 57.0 Å². The lowest BCUT2D eigenvalue weighted by molar-refractivity contribution is -0.235. The van der Waals surface area contributed by atoms with Gasteiger partial charge in [-0.1, -0.05) is 45.2 Å². The summed E-state index contributed by atoms with van der Waals surface area (Å²) in [6.07, 6.45) is -0.121. The van der Waals surface area contributed by atoms with Crippen LogP contribution in [-0.4, -0.2) is 77.7 Å². The van der Waals surface area contributed by atoms with E-state index in [-0.39, 0.29) is 18.2 Å². The van der Waals surface area contributed by atoms with Crippen molar-refractivity contribution in [2.24, 2.45) is 0 Å². The van der Waals surface area contributed by atoms with Crippen LogP contribution in [0.3, 0.4) is 0 Å². The van der Waals surface area contributed by atoms with Crippen molar-refractivity contribution in [1.29, 1.82) is 0 Å². The fourth-order valence-corrected chi connectivity index (χ4v) is 1.89. The summed E-state index contributed by atoms with van der Waals surface area (Å²) in [6, 6.07) is 0. The van der Waals surface area contributed by atoms with Gasteiger partial charge >= 0.3 is 0 Å². The average molecular weight is 512 g/mol. The molecule has 2 amide bonds. The number of carbonyl (C=O) groups is 2. The molecule has 0 aromatic carbocycles. The molecule has 0 heterocycles. The Labute approximate surface area is 147 Å². The molecule has 0 bridgehead atoms. The summed E-state index contributed by atoms with van der Waals surface area (Å²) in [5, 5.41) is 0. The summed E-state index contributed by atoms with van der Waals surface area (Å²) < 4.78 is 12.7. The molecule has 0 radical (unpaired) electrons. The molecule has 0 saturated heterocycles. The van der Waals surface area contributed by atoms with Gasteiger partial charge in [0.15, 0.2) is 0 Å². The first kappa shape index (κ1) is 20.3. The number of nitrogens with zero attached hydrogens (tertiary/aromatic N) is 2. The number of likely N-dealkylation sites (N-methyl/N-ethyl adjacent to an activating group) is 1. The lowest BCUT2D eigenvalue weighted by atomic mass is 10.1. The van der Waals surface area contributed by atoms with Crippen LogP contribution in [0.25, 0.3) is 0 Å². The monoisotopic (exact) mass is 512 g/mol. The van der Waals surface area contributed by atoms with Gasteiger partial charge in [-0.2, -0.15) is 0 Å². The van der Waals surface area contributed by atoms with Crippen molar-refractivity contribution in [2.75, 3.05) is 50.3 Å². The van der Waals surface area contributed by atoms with E-state index in [1.165, 1.54) is 9.80 Å². The van der Waals surface area contributed by atoms with E-state index in [0.29, 0.717) is 22.1 Å². The average Bonchev–Trinajstić information content (AvgIpc) is 2.40. The lowest BCUT2D eigenvalue weighted by Gasteiger charge is -2.34. The van der Waals surface area contributed by atoms with E-state index in [1.54, 1.807) is 28.2 Å². The summed E-state index contributed by atoms with van der Waals surface area (Å²) in [4.78, 5) is 27.3. The molecule has 0 aliphatic rings. The predicted molar refractivity (Wildman–Crippen MR) is 94.4 cm³/mol. The molecule has 118 valence electrons. The minimum absolute atomic E-state index is 0.121. The molecule has 6 nitrogen and oxygen atoms in total. The maximum absolute atomic E-state index is 12.4. The van der Waals surface area contributed by atoms with Crippen molar-refractivity contribution in [3.05, 3.63) is 0 Å². The number of hydrogen-bond acceptors (Lipinski definition) is 4. The second kappa shape index (κ2) is 10.1. The predicted octanol–water partition coefficient (Wildman–Crippen LogP) is 1.15. The van der Waals surface area contributed by atoms with Gasteiger partial charge in [0.25, 0.3) is 11.7 Å². The van der Waals surface area contributed by atoms with Gasteiger partial charge in [0, 0.05) is 37.0 Å². The maximum Gasteiger partial charge on any atom is 0.282 e. The molecule has 0 fully saturated rings. The van der Waals surface area contributed by atoms with E-state index in [1.807, 2.05) is 0 Å². The highest BCUT2D eigenvalue weighted by Crippen LogP contribution is 2.22. The van der Waals surface area contributed by atoms with Gasteiger partial charge in [-0.15, -0.1) is 0 Å². The minimum atomic E-state index is -1.53. The minimum Gasteiger partial charge on any atom is -0.349 e. The summed E-state index contributed by atoms with van der Waals surface area (Å²) in [6.45, 7) is 0.699. The molecule has 0 N–H and O–H groups in total. The van der Waals surface area contributed by atoms with Gasteiger partial charge in [-0.25, -0.2) is 0 Å². The molecule has 8 heteroatoms. The number of amides is 2. The van der Waals surface area contributed by atoms with Gasteiger partial charge in [0.2, 0.25) is 5.91 Å². The van der Waals surface area contributed by atoms with Crippen LogP contribution in [-0.2, 0) is 19.1 Å². The second-order valence-electron chi connectivity index (χ2n) is 4.49. The number of hydrogen-bond donors (Lipinski definition) is 0. The van der Waals surface area contributed by atoms with Crippen LogP contribution in [0.1, 0.15) is 6.42 Å². The standard InChI is InChI=1S/C12H22I2N2O4/c1-15(2)10(17)9-12(19-7-5-13,20-8-6-14)11(18)16(3)4/h5-9H2,1-4H3. The highest BCUT2D eigenvalue weighted by molar-refractivity contribution is 14.1. The third-order valence-corrected chi connectivity index (χ3v) is 3.32. The number of carbonyl (C=O) groups excluding carboxylic acids is 2. The fraction of sp³-hybridized carbons (Fsp3) is 0.833. The van der Waals surface area contributed by atoms with E-state index < -0.39 is 5.79 Å². The molecule has 0 atom stereocenters. The van der Waals surface area contributed by atoms with E-state index in [4.69, 9.17) is 9.47 Å². The van der Waals surface area contributed by atoms with E-state index in [9.17, 15) is 9.59 Å². The highest BCUT2D eigenvalue weighted by Gasteiger charge is 2.44. The largest absolute Gasteiger partial charge is 0.349 e. The van der Waals surface area contributed by atoms with Crippen LogP contribution in [0.15, 0.2) is 0 Å². The van der Waals surface area contributed by atoms with Crippen molar-refractivity contribution in [3.8, 4) is 0 Å². The topological polar surface area (TPSA) is 59.1 Å². The molecule has 0 aliphatic carbocycles. The number of halogens is 2. The van der Waals surface area contributed by atoms with Crippen LogP contribution in [0.5, 0.6) is 0 Å². The summed E-state index contributed by atoms with van der Waals surface area (Å²) >= 11 is 4.30. The van der Waals surface area contributed by atoms with Gasteiger partial charge in [-0.3, -0.25) is 9.59 Å². The quantitative estimate of drug-likeness (QED) is 0.265. The smallest absolute Gasteiger partial charge is 0.282 e. The van der Waals surface area contributed by atoms with Crippen LogP contribution in [0, 0.1) is 0 Å². The molecule has 20 heavy (non-hydrogen) atoms. The first-order valence-electron chi connectivity index (χ1n) is 6.12. The Kier molecular flexibility index (Phi) is 10.3. The normalized spacial score (nSPS) is 11.3. The lowest BCUT2D eigenvalue weighted by Crippen LogP contribution is -2.53. The Hall–Kier alpha value is 0.320. The van der Waals surface area contributed by atoms with Crippen molar-refractivity contribution < 1.29 is 19.1 Å². The van der Waals surface area contributed by atoms with Crippen LogP contribution >= 0.6 is 45.2 Å². The van der Waals surface area contributed by atoms with E-state index in [2.05, 4.69) is 45.2 Å². The fourth-order valence-electron chi connectivity index (χ4n) is 1.45. The molecular weight excluding hydrogens is 490 g/mol. The van der Waals surface area contributed by atoms with Gasteiger partial charge in [0.1, 0.15) is 0 Å². The Balaban J connectivity index is 5.28. The summed E-state index contributed by atoms with van der Waals surface area (Å²) in [5.74, 6) is -2.08. The molecular formula is C12H22I2N2O4. The summed E-state index contributed by atoms with van der Waals surface area (Å²) in [5.41, 5.74) is 0. The molecule has 0 unspecified atom stereocenters. The molecule has 0 saturated carbocycles. The molecule has 0 aromatic heterocycles. The zero-order valence-corrected chi connectivity index (χ0v) is 16.6. The molecule has 0 aliphatic heterocycles.